The minimum Gasteiger partial charge on any atom is -0.477 e. The van der Waals surface area contributed by atoms with E-state index in [0.29, 0.717) is 0 Å². The van der Waals surface area contributed by atoms with E-state index in [2.05, 4.69) is 10.6 Å². The molecule has 0 heterocycles. The van der Waals surface area contributed by atoms with Crippen molar-refractivity contribution in [2.45, 2.75) is 25.3 Å². The van der Waals surface area contributed by atoms with Crippen molar-refractivity contribution in [3.8, 4) is 11.1 Å². The van der Waals surface area contributed by atoms with Crippen LogP contribution in [0.25, 0.3) is 11.1 Å². The number of amides is 2. The lowest BCUT2D eigenvalue weighted by Crippen LogP contribution is -2.36. The lowest BCUT2D eigenvalue weighted by Gasteiger charge is -2.17. The van der Waals surface area contributed by atoms with E-state index in [0.717, 1.165) is 34.4 Å². The van der Waals surface area contributed by atoms with Gasteiger partial charge in [-0.2, -0.15) is 0 Å². The third-order valence-corrected chi connectivity index (χ3v) is 5.78. The number of carbonyl (C=O) groups is 3. The maximum Gasteiger partial charge on any atom is 0.407 e. The highest BCUT2D eigenvalue weighted by molar-refractivity contribution is 5.94. The molecule has 35 heavy (non-hydrogen) atoms. The van der Waals surface area contributed by atoms with Gasteiger partial charge in [0, 0.05) is 18.4 Å². The van der Waals surface area contributed by atoms with Crippen molar-refractivity contribution in [3.05, 3.63) is 89.0 Å². The zero-order chi connectivity index (χ0) is 25.1. The normalized spacial score (nSPS) is 12.9. The van der Waals surface area contributed by atoms with Crippen LogP contribution in [0.15, 0.2) is 60.7 Å². The molecule has 2 amide bonds. The van der Waals surface area contributed by atoms with Crippen molar-refractivity contribution in [2.75, 3.05) is 11.9 Å². The minimum absolute atomic E-state index is 0.109. The first-order valence-electron chi connectivity index (χ1n) is 10.9. The number of benzene rings is 3. The molecule has 0 radical (unpaired) electrons. The van der Waals surface area contributed by atoms with Crippen LogP contribution in [-0.4, -0.2) is 35.7 Å². The van der Waals surface area contributed by atoms with E-state index >= 15 is 0 Å². The summed E-state index contributed by atoms with van der Waals surface area (Å²) >= 11 is 0. The number of fused-ring (bicyclic) bond motifs is 3. The summed E-state index contributed by atoms with van der Waals surface area (Å²) in [5.74, 6) is -5.24. The fraction of sp³-hybridized carbons (Fsp3) is 0.192. The average molecular weight is 480 g/mol. The fourth-order valence-electron chi connectivity index (χ4n) is 4.22. The smallest absolute Gasteiger partial charge is 0.407 e. The molecular weight excluding hydrogens is 458 g/mol. The van der Waals surface area contributed by atoms with Crippen LogP contribution in [0.2, 0.25) is 0 Å². The summed E-state index contributed by atoms with van der Waals surface area (Å²) in [5, 5.41) is 13.7. The van der Waals surface area contributed by atoms with Crippen molar-refractivity contribution in [2.24, 2.45) is 0 Å². The predicted molar refractivity (Wildman–Crippen MR) is 124 cm³/mol. The molecule has 0 saturated carbocycles. The molecule has 180 valence electrons. The van der Waals surface area contributed by atoms with E-state index in [1.807, 2.05) is 48.5 Å². The summed E-state index contributed by atoms with van der Waals surface area (Å²) in [6.07, 6.45) is -0.961. The molecule has 0 aliphatic heterocycles. The van der Waals surface area contributed by atoms with Gasteiger partial charge >= 0.3 is 12.1 Å². The summed E-state index contributed by atoms with van der Waals surface area (Å²) in [4.78, 5) is 35.6. The second-order valence-electron chi connectivity index (χ2n) is 8.21. The predicted octanol–water partition coefficient (Wildman–Crippen LogP) is 4.92. The van der Waals surface area contributed by atoms with Gasteiger partial charge in [-0.05, 0) is 41.3 Å². The molecule has 0 spiro atoms. The first kappa shape index (κ1) is 23.9. The summed E-state index contributed by atoms with van der Waals surface area (Å²) in [6.45, 7) is 1.67. The number of alkyl carbamates (subject to hydrolysis) is 1. The van der Waals surface area contributed by atoms with Crippen LogP contribution in [0, 0.1) is 11.6 Å². The fourth-order valence-corrected chi connectivity index (χ4v) is 4.22. The molecule has 7 nitrogen and oxygen atoms in total. The van der Waals surface area contributed by atoms with Crippen LogP contribution in [0.4, 0.5) is 19.3 Å². The van der Waals surface area contributed by atoms with Gasteiger partial charge in [-0.3, -0.25) is 4.79 Å². The monoisotopic (exact) mass is 480 g/mol. The molecular formula is C26H22F2N2O5. The SMILES string of the molecule is C[C@H](CC(=O)Nc1ccc(F)c(C(=O)O)c1F)NC(=O)OCC1c2ccccc2-c2ccccc21. The van der Waals surface area contributed by atoms with Crippen LogP contribution in [0.1, 0.15) is 40.7 Å². The van der Waals surface area contributed by atoms with Gasteiger partial charge in [0.05, 0.1) is 5.69 Å². The highest BCUT2D eigenvalue weighted by Crippen LogP contribution is 2.44. The Morgan fingerprint density at radius 2 is 1.57 bits per heavy atom. The number of carboxylic acids is 1. The second-order valence-corrected chi connectivity index (χ2v) is 8.21. The van der Waals surface area contributed by atoms with Gasteiger partial charge in [0.1, 0.15) is 18.0 Å². The van der Waals surface area contributed by atoms with Crippen LogP contribution in [0.3, 0.4) is 0 Å². The first-order chi connectivity index (χ1) is 16.8. The summed E-state index contributed by atoms with van der Waals surface area (Å²) in [7, 11) is 0. The van der Waals surface area contributed by atoms with E-state index in [-0.39, 0.29) is 18.9 Å². The Hall–Kier alpha value is -4.27. The Balaban J connectivity index is 1.32. The molecule has 0 bridgehead atoms. The van der Waals surface area contributed by atoms with Gasteiger partial charge in [-0.15, -0.1) is 0 Å². The summed E-state index contributed by atoms with van der Waals surface area (Å²) < 4.78 is 33.2. The number of hydrogen-bond acceptors (Lipinski definition) is 4. The molecule has 3 N–H and O–H groups in total. The maximum atomic E-state index is 14.2. The van der Waals surface area contributed by atoms with Crippen LogP contribution < -0.4 is 10.6 Å². The van der Waals surface area contributed by atoms with Gasteiger partial charge in [0.15, 0.2) is 5.82 Å². The van der Waals surface area contributed by atoms with Crippen molar-refractivity contribution in [1.29, 1.82) is 0 Å². The van der Waals surface area contributed by atoms with Gasteiger partial charge in [0.2, 0.25) is 5.91 Å². The van der Waals surface area contributed by atoms with E-state index in [4.69, 9.17) is 9.84 Å². The Labute approximate surface area is 199 Å². The molecule has 1 atom stereocenters. The van der Waals surface area contributed by atoms with Crippen molar-refractivity contribution in [1.82, 2.24) is 5.32 Å². The molecule has 0 saturated heterocycles. The van der Waals surface area contributed by atoms with Crippen LogP contribution >= 0.6 is 0 Å². The third kappa shape index (κ3) is 4.98. The number of carbonyl (C=O) groups excluding carboxylic acids is 2. The number of hydrogen-bond donors (Lipinski definition) is 3. The number of rotatable bonds is 7. The van der Waals surface area contributed by atoms with Crippen LogP contribution in [0.5, 0.6) is 0 Å². The Morgan fingerprint density at radius 3 is 2.17 bits per heavy atom. The Morgan fingerprint density at radius 1 is 0.971 bits per heavy atom. The number of nitrogens with one attached hydrogen (secondary N) is 2. The van der Waals surface area contributed by atoms with Gasteiger partial charge in [0.25, 0.3) is 0 Å². The molecule has 9 heteroatoms. The number of aromatic carboxylic acids is 1. The zero-order valence-electron chi connectivity index (χ0n) is 18.7. The van der Waals surface area contributed by atoms with Gasteiger partial charge in [-0.1, -0.05) is 48.5 Å². The van der Waals surface area contributed by atoms with Crippen molar-refractivity contribution in [3.63, 3.8) is 0 Å². The minimum atomic E-state index is -1.79. The van der Waals surface area contributed by atoms with E-state index in [1.54, 1.807) is 6.92 Å². The first-order valence-corrected chi connectivity index (χ1v) is 10.9. The molecule has 0 fully saturated rings. The number of carboxylic acid groups (broad SMARTS) is 1. The lowest BCUT2D eigenvalue weighted by atomic mass is 9.98. The van der Waals surface area contributed by atoms with E-state index in [9.17, 15) is 23.2 Å². The van der Waals surface area contributed by atoms with Gasteiger partial charge < -0.3 is 20.5 Å². The second kappa shape index (κ2) is 9.92. The zero-order valence-corrected chi connectivity index (χ0v) is 18.7. The van der Waals surface area contributed by atoms with Crippen molar-refractivity contribution < 1.29 is 33.0 Å². The Kier molecular flexibility index (Phi) is 6.77. The molecule has 1 aliphatic rings. The largest absolute Gasteiger partial charge is 0.477 e. The lowest BCUT2D eigenvalue weighted by molar-refractivity contribution is -0.116. The summed E-state index contributed by atoms with van der Waals surface area (Å²) in [5.41, 5.74) is 2.70. The molecule has 1 aliphatic carbocycles. The molecule has 3 aromatic rings. The molecule has 3 aromatic carbocycles. The third-order valence-electron chi connectivity index (χ3n) is 5.78. The molecule has 0 unspecified atom stereocenters. The van der Waals surface area contributed by atoms with E-state index in [1.165, 1.54) is 0 Å². The summed E-state index contributed by atoms with van der Waals surface area (Å²) in [6, 6.07) is 16.8. The Bertz CT molecular complexity index is 1270. The molecule has 4 rings (SSSR count). The number of anilines is 1. The number of halogens is 2. The number of ether oxygens (including phenoxy) is 1. The van der Waals surface area contributed by atoms with Crippen molar-refractivity contribution >= 4 is 23.7 Å². The highest BCUT2D eigenvalue weighted by atomic mass is 19.1. The average Bonchev–Trinajstić information content (AvgIpc) is 3.13. The van der Waals surface area contributed by atoms with Crippen LogP contribution in [-0.2, 0) is 9.53 Å². The van der Waals surface area contributed by atoms with Gasteiger partial charge in [-0.25, -0.2) is 18.4 Å². The highest BCUT2D eigenvalue weighted by Gasteiger charge is 2.29. The standard InChI is InChI=1S/C26H22F2N2O5/c1-14(12-22(31)30-21-11-10-20(27)23(24(21)28)25(32)33)29-26(34)35-13-19-17-8-4-2-6-15(17)16-7-3-5-9-18(16)19/h2-11,14,19H,12-13H2,1H3,(H,29,34)(H,30,31)(H,32,33)/t14-/m1/s1. The molecule has 0 aromatic heterocycles. The quantitative estimate of drug-likeness (QED) is 0.445. The van der Waals surface area contributed by atoms with E-state index < -0.39 is 46.9 Å². The maximum absolute atomic E-state index is 14.2. The topological polar surface area (TPSA) is 105 Å².